The molecule has 33 heavy (non-hydrogen) atoms. The van der Waals surface area contributed by atoms with Crippen molar-refractivity contribution in [2.45, 2.75) is 75.0 Å². The predicted octanol–water partition coefficient (Wildman–Crippen LogP) is 0.409. The quantitative estimate of drug-likeness (QED) is 0.565. The number of aryl methyl sites for hydroxylation is 1. The van der Waals surface area contributed by atoms with E-state index in [1.54, 1.807) is 14.0 Å². The van der Waals surface area contributed by atoms with E-state index in [1.807, 2.05) is 18.2 Å². The summed E-state index contributed by atoms with van der Waals surface area (Å²) in [5, 5.41) is 7.53. The van der Waals surface area contributed by atoms with Gasteiger partial charge in [0.15, 0.2) is 9.84 Å². The van der Waals surface area contributed by atoms with Gasteiger partial charge in [0.05, 0.1) is 17.8 Å². The lowest BCUT2D eigenvalue weighted by atomic mass is 9.87. The average molecular weight is 477 g/mol. The van der Waals surface area contributed by atoms with Crippen molar-refractivity contribution in [2.24, 2.45) is 0 Å². The van der Waals surface area contributed by atoms with E-state index < -0.39 is 39.2 Å². The van der Waals surface area contributed by atoms with Gasteiger partial charge in [0.1, 0.15) is 17.5 Å². The normalized spacial score (nSPS) is 29.4. The fourth-order valence-electron chi connectivity index (χ4n) is 5.14. The zero-order valence-corrected chi connectivity index (χ0v) is 19.9. The Morgan fingerprint density at radius 3 is 2.58 bits per heavy atom. The van der Waals surface area contributed by atoms with Crippen LogP contribution in [0.1, 0.15) is 56.2 Å². The van der Waals surface area contributed by atoms with Gasteiger partial charge in [-0.2, -0.15) is 0 Å². The second-order valence-electron chi connectivity index (χ2n) is 9.17. The third-order valence-corrected chi connectivity index (χ3v) is 9.22. The molecule has 3 amide bonds. The number of likely N-dealkylation sites (N-methyl/N-ethyl adjacent to an activating group) is 1. The minimum atomic E-state index is -3.61. The van der Waals surface area contributed by atoms with Crippen LogP contribution in [0.15, 0.2) is 24.3 Å². The number of carbonyl (C=O) groups excluding carboxylic acids is 3. The van der Waals surface area contributed by atoms with E-state index in [0.717, 1.165) is 24.8 Å². The Balaban J connectivity index is 1.55. The summed E-state index contributed by atoms with van der Waals surface area (Å²) in [5.74, 6) is -1.42. The van der Waals surface area contributed by atoms with E-state index in [-0.39, 0.29) is 42.9 Å². The molecule has 4 rings (SSSR count). The molecule has 0 bridgehead atoms. The Labute approximate surface area is 194 Å². The minimum absolute atomic E-state index is 0.000675. The van der Waals surface area contributed by atoms with Gasteiger partial charge >= 0.3 is 0 Å². The van der Waals surface area contributed by atoms with Crippen LogP contribution in [0.25, 0.3) is 0 Å². The van der Waals surface area contributed by atoms with Crippen molar-refractivity contribution in [2.75, 3.05) is 12.8 Å². The van der Waals surface area contributed by atoms with E-state index >= 15 is 0 Å². The molecule has 2 aliphatic heterocycles. The number of benzene rings is 1. The van der Waals surface area contributed by atoms with Crippen molar-refractivity contribution in [3.05, 3.63) is 35.4 Å². The van der Waals surface area contributed by atoms with Crippen molar-refractivity contribution < 1.29 is 22.8 Å². The summed E-state index contributed by atoms with van der Waals surface area (Å²) in [6, 6.07) is 5.46. The van der Waals surface area contributed by atoms with Gasteiger partial charge in [-0.05, 0) is 63.6 Å². The van der Waals surface area contributed by atoms with Gasteiger partial charge in [-0.25, -0.2) is 8.42 Å². The molecule has 3 aliphatic rings. The molecule has 5 unspecified atom stereocenters. The molecule has 0 saturated carbocycles. The van der Waals surface area contributed by atoms with Gasteiger partial charge in [0.2, 0.25) is 17.7 Å². The van der Waals surface area contributed by atoms with Crippen LogP contribution in [0.4, 0.5) is 0 Å². The molecule has 180 valence electrons. The molecule has 5 atom stereocenters. The van der Waals surface area contributed by atoms with Crippen molar-refractivity contribution in [3.8, 4) is 0 Å². The summed E-state index contributed by atoms with van der Waals surface area (Å²) in [6.45, 7) is 1.66. The first-order chi connectivity index (χ1) is 15.7. The summed E-state index contributed by atoms with van der Waals surface area (Å²) in [6.07, 6.45) is 3.21. The van der Waals surface area contributed by atoms with Gasteiger partial charge in [0.25, 0.3) is 0 Å². The zero-order chi connectivity index (χ0) is 23.8. The SMILES string of the molecule is CNC(C)C(=O)NC1CCS(=O)(=O)C2CCC(C(=O)NC3CCCc4ccccc43)N2C1=O. The van der Waals surface area contributed by atoms with Gasteiger partial charge in [0, 0.05) is 0 Å². The number of fused-ring (bicyclic) bond motifs is 2. The molecule has 3 N–H and O–H groups in total. The van der Waals surface area contributed by atoms with Crippen LogP contribution in [0, 0.1) is 0 Å². The van der Waals surface area contributed by atoms with Crippen molar-refractivity contribution in [1.29, 1.82) is 0 Å². The smallest absolute Gasteiger partial charge is 0.246 e. The number of sulfone groups is 1. The molecule has 1 aromatic carbocycles. The lowest BCUT2D eigenvalue weighted by Crippen LogP contribution is -2.56. The number of rotatable bonds is 5. The number of carbonyl (C=O) groups is 3. The number of amides is 3. The number of nitrogens with zero attached hydrogens (tertiary/aromatic N) is 1. The minimum Gasteiger partial charge on any atom is -0.347 e. The van der Waals surface area contributed by atoms with E-state index in [4.69, 9.17) is 0 Å². The van der Waals surface area contributed by atoms with Crippen LogP contribution in [0.2, 0.25) is 0 Å². The molecule has 2 saturated heterocycles. The lowest BCUT2D eigenvalue weighted by molar-refractivity contribution is -0.142. The Morgan fingerprint density at radius 1 is 1.06 bits per heavy atom. The van der Waals surface area contributed by atoms with Gasteiger partial charge in [-0.15, -0.1) is 0 Å². The van der Waals surface area contributed by atoms with Gasteiger partial charge < -0.3 is 20.9 Å². The molecular formula is C23H32N4O5S. The molecule has 10 heteroatoms. The maximum Gasteiger partial charge on any atom is 0.246 e. The molecule has 0 aromatic heterocycles. The standard InChI is InChI=1S/C23H32N4O5S/c1-14(24-2)21(28)26-18-12-13-33(31,32)20-11-10-19(27(20)23(18)30)22(29)25-17-9-5-7-15-6-3-4-8-16(15)17/h3-4,6,8,14,17-20,24H,5,7,9-13H2,1-2H3,(H,25,29)(H,26,28). The highest BCUT2D eigenvalue weighted by molar-refractivity contribution is 7.92. The highest BCUT2D eigenvalue weighted by Gasteiger charge is 2.51. The fraction of sp³-hybridized carbons (Fsp3) is 0.609. The second kappa shape index (κ2) is 9.42. The number of hydrogen-bond donors (Lipinski definition) is 3. The summed E-state index contributed by atoms with van der Waals surface area (Å²) < 4.78 is 25.8. The highest BCUT2D eigenvalue weighted by atomic mass is 32.2. The van der Waals surface area contributed by atoms with Crippen LogP contribution < -0.4 is 16.0 Å². The first-order valence-corrected chi connectivity index (χ1v) is 13.3. The summed E-state index contributed by atoms with van der Waals surface area (Å²) >= 11 is 0. The molecule has 2 heterocycles. The predicted molar refractivity (Wildman–Crippen MR) is 123 cm³/mol. The van der Waals surface area contributed by atoms with Gasteiger partial charge in [-0.3, -0.25) is 14.4 Å². The van der Waals surface area contributed by atoms with Crippen molar-refractivity contribution in [1.82, 2.24) is 20.9 Å². The highest BCUT2D eigenvalue weighted by Crippen LogP contribution is 2.34. The monoisotopic (exact) mass is 476 g/mol. The van der Waals surface area contributed by atoms with Crippen molar-refractivity contribution in [3.63, 3.8) is 0 Å². The van der Waals surface area contributed by atoms with Crippen LogP contribution in [0.5, 0.6) is 0 Å². The molecule has 1 aliphatic carbocycles. The van der Waals surface area contributed by atoms with Crippen LogP contribution in [0.3, 0.4) is 0 Å². The third kappa shape index (κ3) is 4.63. The molecular weight excluding hydrogens is 444 g/mol. The Morgan fingerprint density at radius 2 is 1.82 bits per heavy atom. The number of nitrogens with one attached hydrogen (secondary N) is 3. The Hall–Kier alpha value is -2.46. The second-order valence-corrected chi connectivity index (χ2v) is 11.5. The third-order valence-electron chi connectivity index (χ3n) is 7.12. The zero-order valence-electron chi connectivity index (χ0n) is 19.0. The van der Waals surface area contributed by atoms with Crippen LogP contribution in [-0.2, 0) is 30.6 Å². The topological polar surface area (TPSA) is 125 Å². The molecule has 9 nitrogen and oxygen atoms in total. The summed E-state index contributed by atoms with van der Waals surface area (Å²) in [7, 11) is -1.99. The first kappa shape index (κ1) is 23.7. The van der Waals surface area contributed by atoms with Crippen LogP contribution in [-0.4, -0.2) is 67.3 Å². The van der Waals surface area contributed by atoms with Crippen LogP contribution >= 0.6 is 0 Å². The number of hydrogen-bond acceptors (Lipinski definition) is 6. The molecule has 1 aromatic rings. The van der Waals surface area contributed by atoms with Crippen molar-refractivity contribution >= 4 is 27.6 Å². The lowest BCUT2D eigenvalue weighted by Gasteiger charge is -2.32. The summed E-state index contributed by atoms with van der Waals surface area (Å²) in [4.78, 5) is 40.3. The maximum atomic E-state index is 13.4. The van der Waals surface area contributed by atoms with E-state index in [9.17, 15) is 22.8 Å². The average Bonchev–Trinajstić information content (AvgIpc) is 3.24. The summed E-state index contributed by atoms with van der Waals surface area (Å²) in [5.41, 5.74) is 2.28. The Kier molecular flexibility index (Phi) is 6.76. The van der Waals surface area contributed by atoms with Gasteiger partial charge in [-0.1, -0.05) is 24.3 Å². The maximum absolute atomic E-state index is 13.4. The molecule has 0 radical (unpaired) electrons. The fourth-order valence-corrected chi connectivity index (χ4v) is 7.07. The molecule has 0 spiro atoms. The van der Waals surface area contributed by atoms with E-state index in [0.29, 0.717) is 0 Å². The van der Waals surface area contributed by atoms with E-state index in [1.165, 1.54) is 10.5 Å². The van der Waals surface area contributed by atoms with E-state index in [2.05, 4.69) is 22.0 Å². The Bertz CT molecular complexity index is 1040. The molecule has 2 fully saturated rings. The first-order valence-electron chi connectivity index (χ1n) is 11.6. The largest absolute Gasteiger partial charge is 0.347 e.